The summed E-state index contributed by atoms with van der Waals surface area (Å²) in [4.78, 5) is 17.3. The molecule has 2 aromatic rings. The number of carbonyl (C=O) groups is 1. The predicted octanol–water partition coefficient (Wildman–Crippen LogP) is 4.56. The molecule has 1 aromatic carbocycles. The molecule has 2 aliphatic rings. The third kappa shape index (κ3) is 3.62. The molecule has 1 aliphatic carbocycles. The smallest absolute Gasteiger partial charge is 0.223 e. The number of hydrogen-bond acceptors (Lipinski definition) is 3. The van der Waals surface area contributed by atoms with E-state index in [0.29, 0.717) is 18.2 Å². The summed E-state index contributed by atoms with van der Waals surface area (Å²) in [6.07, 6.45) is 5.86. The van der Waals surface area contributed by atoms with E-state index in [2.05, 4.69) is 49.1 Å². The van der Waals surface area contributed by atoms with Crippen molar-refractivity contribution < 1.29 is 9.21 Å². The quantitative estimate of drug-likeness (QED) is 0.737. The molecule has 0 N–H and O–H groups in total. The molecule has 2 heterocycles. The van der Waals surface area contributed by atoms with Crippen LogP contribution in [0.4, 0.5) is 0 Å². The average molecular weight is 381 g/mol. The third-order valence-corrected chi connectivity index (χ3v) is 6.92. The first-order chi connectivity index (χ1) is 13.6. The molecule has 4 rings (SSSR count). The van der Waals surface area contributed by atoms with E-state index in [0.717, 1.165) is 44.9 Å². The maximum absolute atomic E-state index is 12.8. The molecular weight excluding hydrogens is 348 g/mol. The SMILES string of the molecule is CCN(CC)C(=O)C[C@H]1CC2(CCN(Cc3ccco3)CC2)c2ccccc21. The average Bonchev–Trinajstić information content (AvgIpc) is 3.32. The molecule has 1 fully saturated rings. The number of nitrogens with zero attached hydrogens (tertiary/aromatic N) is 2. The molecule has 1 amide bonds. The van der Waals surface area contributed by atoms with E-state index in [1.54, 1.807) is 6.26 Å². The second kappa shape index (κ2) is 8.12. The lowest BCUT2D eigenvalue weighted by atomic mass is 9.73. The Balaban J connectivity index is 1.48. The first-order valence-corrected chi connectivity index (χ1v) is 10.8. The number of hydrogen-bond donors (Lipinski definition) is 0. The minimum absolute atomic E-state index is 0.241. The highest BCUT2D eigenvalue weighted by atomic mass is 16.3. The molecule has 1 atom stereocenters. The van der Waals surface area contributed by atoms with Gasteiger partial charge in [-0.15, -0.1) is 0 Å². The van der Waals surface area contributed by atoms with E-state index in [-0.39, 0.29) is 5.41 Å². The standard InChI is InChI=1S/C24H32N2O2/c1-3-26(4-2)23(27)16-19-17-24(22-10-6-5-9-21(19)22)11-13-25(14-12-24)18-20-8-7-15-28-20/h5-10,15,19H,3-4,11-14,16-18H2,1-2H3/t19-/m0/s1. The van der Waals surface area contributed by atoms with Gasteiger partial charge in [0.15, 0.2) is 0 Å². The highest BCUT2D eigenvalue weighted by Gasteiger charge is 2.45. The van der Waals surface area contributed by atoms with Crippen molar-refractivity contribution in [2.24, 2.45) is 0 Å². The Morgan fingerprint density at radius 2 is 1.89 bits per heavy atom. The largest absolute Gasteiger partial charge is 0.468 e. The second-order valence-electron chi connectivity index (χ2n) is 8.39. The van der Waals surface area contributed by atoms with Crippen LogP contribution in [-0.4, -0.2) is 41.9 Å². The van der Waals surface area contributed by atoms with Gasteiger partial charge >= 0.3 is 0 Å². The molecule has 1 aromatic heterocycles. The molecule has 28 heavy (non-hydrogen) atoms. The maximum Gasteiger partial charge on any atom is 0.223 e. The van der Waals surface area contributed by atoms with Crippen molar-refractivity contribution in [3.8, 4) is 0 Å². The molecule has 1 aliphatic heterocycles. The highest BCUT2D eigenvalue weighted by Crippen LogP contribution is 2.52. The molecule has 4 heteroatoms. The number of amides is 1. The topological polar surface area (TPSA) is 36.7 Å². The number of rotatable bonds is 6. The first-order valence-electron chi connectivity index (χ1n) is 10.8. The Hall–Kier alpha value is -2.07. The van der Waals surface area contributed by atoms with Gasteiger partial charge in [0.2, 0.25) is 5.91 Å². The number of furan rings is 1. The lowest BCUT2D eigenvalue weighted by molar-refractivity contribution is -0.131. The van der Waals surface area contributed by atoms with Crippen molar-refractivity contribution in [1.29, 1.82) is 0 Å². The molecular formula is C24H32N2O2. The van der Waals surface area contributed by atoms with E-state index in [4.69, 9.17) is 4.42 Å². The highest BCUT2D eigenvalue weighted by molar-refractivity contribution is 5.77. The van der Waals surface area contributed by atoms with Crippen LogP contribution in [0.1, 0.15) is 62.3 Å². The zero-order valence-electron chi connectivity index (χ0n) is 17.2. The molecule has 0 unspecified atom stereocenters. The van der Waals surface area contributed by atoms with E-state index in [1.807, 2.05) is 11.0 Å². The molecule has 1 saturated heterocycles. The fourth-order valence-electron chi connectivity index (χ4n) is 5.36. The van der Waals surface area contributed by atoms with Gasteiger partial charge in [0.1, 0.15) is 5.76 Å². The molecule has 150 valence electrons. The van der Waals surface area contributed by atoms with Crippen LogP contribution in [-0.2, 0) is 16.8 Å². The van der Waals surface area contributed by atoms with E-state index in [1.165, 1.54) is 24.0 Å². The van der Waals surface area contributed by atoms with Crippen molar-refractivity contribution in [2.75, 3.05) is 26.2 Å². The first kappa shape index (κ1) is 19.3. The normalized spacial score (nSPS) is 21.0. The number of piperidine rings is 1. The van der Waals surface area contributed by atoms with Crippen LogP contribution in [0.15, 0.2) is 47.1 Å². The van der Waals surface area contributed by atoms with Gasteiger partial charge in [-0.25, -0.2) is 0 Å². The van der Waals surface area contributed by atoms with Crippen molar-refractivity contribution in [3.05, 3.63) is 59.5 Å². The van der Waals surface area contributed by atoms with Crippen molar-refractivity contribution >= 4 is 5.91 Å². The zero-order valence-corrected chi connectivity index (χ0v) is 17.2. The number of fused-ring (bicyclic) bond motifs is 2. The van der Waals surface area contributed by atoms with Gasteiger partial charge in [-0.2, -0.15) is 0 Å². The lowest BCUT2D eigenvalue weighted by Gasteiger charge is -2.40. The van der Waals surface area contributed by atoms with E-state index in [9.17, 15) is 4.79 Å². The lowest BCUT2D eigenvalue weighted by Crippen LogP contribution is -2.41. The zero-order chi connectivity index (χ0) is 19.6. The molecule has 0 radical (unpaired) electrons. The number of likely N-dealkylation sites (tertiary alicyclic amines) is 1. The summed E-state index contributed by atoms with van der Waals surface area (Å²) in [5, 5.41) is 0. The molecule has 0 saturated carbocycles. The second-order valence-corrected chi connectivity index (χ2v) is 8.39. The summed E-state index contributed by atoms with van der Waals surface area (Å²) < 4.78 is 5.53. The van der Waals surface area contributed by atoms with Crippen molar-refractivity contribution in [3.63, 3.8) is 0 Å². The third-order valence-electron chi connectivity index (χ3n) is 6.92. The van der Waals surface area contributed by atoms with Gasteiger partial charge in [-0.1, -0.05) is 24.3 Å². The predicted molar refractivity (Wildman–Crippen MR) is 111 cm³/mol. The van der Waals surface area contributed by atoms with Crippen LogP contribution in [0.5, 0.6) is 0 Å². The summed E-state index contributed by atoms with van der Waals surface area (Å²) in [6.45, 7) is 8.82. The number of benzene rings is 1. The maximum atomic E-state index is 12.8. The monoisotopic (exact) mass is 380 g/mol. The summed E-state index contributed by atoms with van der Waals surface area (Å²) in [5.74, 6) is 1.71. The van der Waals surface area contributed by atoms with Crippen LogP contribution in [0.2, 0.25) is 0 Å². The Morgan fingerprint density at radius 3 is 2.57 bits per heavy atom. The summed E-state index contributed by atoms with van der Waals surface area (Å²) >= 11 is 0. The summed E-state index contributed by atoms with van der Waals surface area (Å²) in [6, 6.07) is 12.9. The van der Waals surface area contributed by atoms with Crippen LogP contribution in [0, 0.1) is 0 Å². The van der Waals surface area contributed by atoms with Gasteiger partial charge in [0.05, 0.1) is 12.8 Å². The van der Waals surface area contributed by atoms with Crippen LogP contribution >= 0.6 is 0 Å². The van der Waals surface area contributed by atoms with Gasteiger partial charge in [0, 0.05) is 19.5 Å². The molecule has 0 bridgehead atoms. The Labute approximate surface area is 168 Å². The minimum Gasteiger partial charge on any atom is -0.468 e. The fraction of sp³-hybridized carbons (Fsp3) is 0.542. The Bertz CT molecular complexity index is 787. The van der Waals surface area contributed by atoms with Gasteiger partial charge in [-0.05, 0) is 80.8 Å². The van der Waals surface area contributed by atoms with E-state index >= 15 is 0 Å². The summed E-state index contributed by atoms with van der Waals surface area (Å²) in [7, 11) is 0. The minimum atomic E-state index is 0.241. The van der Waals surface area contributed by atoms with Gasteiger partial charge < -0.3 is 9.32 Å². The Morgan fingerprint density at radius 1 is 1.14 bits per heavy atom. The van der Waals surface area contributed by atoms with Crippen molar-refractivity contribution in [1.82, 2.24) is 9.80 Å². The van der Waals surface area contributed by atoms with E-state index < -0.39 is 0 Å². The Kier molecular flexibility index (Phi) is 5.58. The van der Waals surface area contributed by atoms with Crippen LogP contribution in [0.3, 0.4) is 0 Å². The van der Waals surface area contributed by atoms with Crippen molar-refractivity contribution in [2.45, 2.75) is 57.4 Å². The van der Waals surface area contributed by atoms with Crippen LogP contribution in [0.25, 0.3) is 0 Å². The number of carbonyl (C=O) groups excluding carboxylic acids is 1. The fourth-order valence-corrected chi connectivity index (χ4v) is 5.36. The molecule has 1 spiro atoms. The summed E-state index contributed by atoms with van der Waals surface area (Å²) in [5.41, 5.74) is 3.16. The van der Waals surface area contributed by atoms with Gasteiger partial charge in [0.25, 0.3) is 0 Å². The van der Waals surface area contributed by atoms with Crippen LogP contribution < -0.4 is 0 Å². The molecule has 4 nitrogen and oxygen atoms in total. The van der Waals surface area contributed by atoms with Gasteiger partial charge in [-0.3, -0.25) is 9.69 Å².